The Balaban J connectivity index is 2.44. The maximum Gasteiger partial charge on any atom is 0.241 e. The van der Waals surface area contributed by atoms with Crippen molar-refractivity contribution in [3.63, 3.8) is 0 Å². The molecule has 0 bridgehead atoms. The molecule has 1 aromatic rings. The zero-order valence-electron chi connectivity index (χ0n) is 10.7. The lowest BCUT2D eigenvalue weighted by molar-refractivity contribution is -0.128. The number of unbranched alkanes of at least 4 members (excludes halogenated alkanes) is 1. The summed E-state index contributed by atoms with van der Waals surface area (Å²) < 4.78 is 12.9. The molecule has 1 aromatic carbocycles. The second kappa shape index (κ2) is 7.21. The number of halogens is 2. The van der Waals surface area contributed by atoms with Crippen molar-refractivity contribution in [1.82, 2.24) is 4.90 Å². The van der Waals surface area contributed by atoms with E-state index in [1.807, 2.05) is 0 Å². The van der Waals surface area contributed by atoms with E-state index in [0.29, 0.717) is 5.69 Å². The highest BCUT2D eigenvalue weighted by Crippen LogP contribution is 2.19. The Hall–Kier alpha value is -1.29. The molecule has 1 N–H and O–H groups in total. The van der Waals surface area contributed by atoms with Crippen LogP contribution in [-0.2, 0) is 4.79 Å². The van der Waals surface area contributed by atoms with Gasteiger partial charge < -0.3 is 10.2 Å². The molecule has 0 atom stereocenters. The zero-order chi connectivity index (χ0) is 13.5. The van der Waals surface area contributed by atoms with Crippen LogP contribution >= 0.6 is 11.6 Å². The van der Waals surface area contributed by atoms with Crippen LogP contribution in [0.25, 0.3) is 0 Å². The van der Waals surface area contributed by atoms with E-state index in [4.69, 9.17) is 11.6 Å². The molecule has 18 heavy (non-hydrogen) atoms. The van der Waals surface area contributed by atoms with E-state index >= 15 is 0 Å². The van der Waals surface area contributed by atoms with E-state index in [9.17, 15) is 9.18 Å². The molecule has 1 rings (SSSR count). The zero-order valence-corrected chi connectivity index (χ0v) is 11.4. The van der Waals surface area contributed by atoms with Gasteiger partial charge in [0.1, 0.15) is 5.82 Å². The van der Waals surface area contributed by atoms with Gasteiger partial charge in [-0.15, -0.1) is 0 Å². The van der Waals surface area contributed by atoms with E-state index in [-0.39, 0.29) is 17.5 Å². The van der Waals surface area contributed by atoms with E-state index in [1.54, 1.807) is 18.0 Å². The van der Waals surface area contributed by atoms with Crippen LogP contribution < -0.4 is 5.32 Å². The first-order valence-electron chi connectivity index (χ1n) is 5.97. The van der Waals surface area contributed by atoms with E-state index in [2.05, 4.69) is 12.2 Å². The maximum atomic E-state index is 12.9. The molecule has 0 spiro atoms. The average Bonchev–Trinajstić information content (AvgIpc) is 2.36. The highest BCUT2D eigenvalue weighted by atomic mass is 35.5. The molecule has 0 aliphatic carbocycles. The third kappa shape index (κ3) is 4.53. The lowest BCUT2D eigenvalue weighted by Gasteiger charge is -2.17. The van der Waals surface area contributed by atoms with Gasteiger partial charge >= 0.3 is 0 Å². The van der Waals surface area contributed by atoms with Crippen molar-refractivity contribution in [2.24, 2.45) is 0 Å². The van der Waals surface area contributed by atoms with Crippen molar-refractivity contribution < 1.29 is 9.18 Å². The normalized spacial score (nSPS) is 10.2. The van der Waals surface area contributed by atoms with Crippen molar-refractivity contribution >= 4 is 23.2 Å². The number of nitrogens with one attached hydrogen (secondary N) is 1. The topological polar surface area (TPSA) is 32.3 Å². The van der Waals surface area contributed by atoms with E-state index in [1.165, 1.54) is 12.1 Å². The minimum Gasteiger partial charge on any atom is -0.376 e. The maximum absolute atomic E-state index is 12.9. The Morgan fingerprint density at radius 1 is 1.50 bits per heavy atom. The molecule has 100 valence electrons. The highest BCUT2D eigenvalue weighted by molar-refractivity contribution is 6.31. The van der Waals surface area contributed by atoms with Crippen LogP contribution in [0.5, 0.6) is 0 Å². The third-order valence-electron chi connectivity index (χ3n) is 2.64. The number of hydrogen-bond donors (Lipinski definition) is 1. The van der Waals surface area contributed by atoms with Gasteiger partial charge in [-0.25, -0.2) is 4.39 Å². The summed E-state index contributed by atoms with van der Waals surface area (Å²) >= 11 is 5.65. The molecule has 0 radical (unpaired) electrons. The largest absolute Gasteiger partial charge is 0.376 e. The Bertz CT molecular complexity index is 412. The molecule has 0 unspecified atom stereocenters. The van der Waals surface area contributed by atoms with Gasteiger partial charge in [-0.2, -0.15) is 0 Å². The van der Waals surface area contributed by atoms with Gasteiger partial charge in [-0.1, -0.05) is 24.9 Å². The number of carbonyl (C=O) groups excluding carboxylic acids is 1. The molecule has 5 heteroatoms. The molecule has 0 aromatic heterocycles. The fraction of sp³-hybridized carbons (Fsp3) is 0.462. The molecule has 0 saturated heterocycles. The van der Waals surface area contributed by atoms with Crippen molar-refractivity contribution in [3.05, 3.63) is 29.0 Å². The van der Waals surface area contributed by atoms with E-state index in [0.717, 1.165) is 19.4 Å². The Labute approximate surface area is 112 Å². The van der Waals surface area contributed by atoms with E-state index < -0.39 is 5.82 Å². The second-order valence-electron chi connectivity index (χ2n) is 4.15. The molecule has 0 aliphatic heterocycles. The van der Waals surface area contributed by atoms with Crippen LogP contribution in [0.2, 0.25) is 5.02 Å². The minimum atomic E-state index is -0.464. The van der Waals surface area contributed by atoms with Crippen LogP contribution in [-0.4, -0.2) is 30.9 Å². The van der Waals surface area contributed by atoms with Crippen LogP contribution in [0.4, 0.5) is 10.1 Å². The number of anilines is 1. The van der Waals surface area contributed by atoms with Gasteiger partial charge in [0.15, 0.2) is 0 Å². The number of rotatable bonds is 6. The summed E-state index contributed by atoms with van der Waals surface area (Å²) in [6.07, 6.45) is 2.04. The molecule has 0 heterocycles. The Morgan fingerprint density at radius 3 is 2.83 bits per heavy atom. The van der Waals surface area contributed by atoms with Gasteiger partial charge in [-0.05, 0) is 24.6 Å². The third-order valence-corrected chi connectivity index (χ3v) is 2.93. The van der Waals surface area contributed by atoms with Gasteiger partial charge in [0.05, 0.1) is 11.6 Å². The average molecular weight is 273 g/mol. The quantitative estimate of drug-likeness (QED) is 0.863. The Morgan fingerprint density at radius 2 is 2.22 bits per heavy atom. The van der Waals surface area contributed by atoms with Crippen molar-refractivity contribution in [3.8, 4) is 0 Å². The molecule has 1 amide bonds. The lowest BCUT2D eigenvalue weighted by Crippen LogP contribution is -2.32. The molecular weight excluding hydrogens is 255 g/mol. The number of benzene rings is 1. The van der Waals surface area contributed by atoms with Gasteiger partial charge in [0, 0.05) is 19.3 Å². The summed E-state index contributed by atoms with van der Waals surface area (Å²) in [6.45, 7) is 3.01. The van der Waals surface area contributed by atoms with Crippen LogP contribution in [0.3, 0.4) is 0 Å². The number of likely N-dealkylation sites (N-methyl/N-ethyl adjacent to an activating group) is 1. The molecule has 3 nitrogen and oxygen atoms in total. The fourth-order valence-electron chi connectivity index (χ4n) is 1.44. The van der Waals surface area contributed by atoms with Crippen molar-refractivity contribution in [2.75, 3.05) is 25.5 Å². The predicted octanol–water partition coefficient (Wildman–Crippen LogP) is 3.15. The molecule has 0 saturated carbocycles. The summed E-state index contributed by atoms with van der Waals surface area (Å²) in [5.41, 5.74) is 0.638. The summed E-state index contributed by atoms with van der Waals surface area (Å²) in [6, 6.07) is 4.30. The first-order chi connectivity index (χ1) is 8.54. The van der Waals surface area contributed by atoms with Crippen LogP contribution in [0, 0.1) is 5.82 Å². The lowest BCUT2D eigenvalue weighted by atomic mass is 10.3. The first kappa shape index (κ1) is 14.8. The van der Waals surface area contributed by atoms with Gasteiger partial charge in [-0.3, -0.25) is 4.79 Å². The van der Waals surface area contributed by atoms with Crippen LogP contribution in [0.1, 0.15) is 19.8 Å². The Kier molecular flexibility index (Phi) is 5.92. The standard InChI is InChI=1S/C13H18ClFN2O/c1-3-4-7-17(2)13(18)9-16-10-5-6-12(15)11(14)8-10/h5-6,8,16H,3-4,7,9H2,1-2H3. The smallest absolute Gasteiger partial charge is 0.241 e. The summed E-state index contributed by atoms with van der Waals surface area (Å²) in [4.78, 5) is 13.4. The van der Waals surface area contributed by atoms with Gasteiger partial charge in [0.2, 0.25) is 5.91 Å². The highest BCUT2D eigenvalue weighted by Gasteiger charge is 2.08. The first-order valence-corrected chi connectivity index (χ1v) is 6.35. The summed E-state index contributed by atoms with van der Waals surface area (Å²) in [5, 5.41) is 2.98. The van der Waals surface area contributed by atoms with Crippen molar-refractivity contribution in [1.29, 1.82) is 0 Å². The monoisotopic (exact) mass is 272 g/mol. The molecule has 0 aliphatic rings. The second-order valence-corrected chi connectivity index (χ2v) is 4.56. The fourth-order valence-corrected chi connectivity index (χ4v) is 1.62. The summed E-state index contributed by atoms with van der Waals surface area (Å²) in [5.74, 6) is -0.461. The number of nitrogens with zero attached hydrogens (tertiary/aromatic N) is 1. The minimum absolute atomic E-state index is 0.00361. The van der Waals surface area contributed by atoms with Crippen molar-refractivity contribution in [2.45, 2.75) is 19.8 Å². The van der Waals surface area contributed by atoms with Gasteiger partial charge in [0.25, 0.3) is 0 Å². The summed E-state index contributed by atoms with van der Waals surface area (Å²) in [7, 11) is 1.78. The number of hydrogen-bond acceptors (Lipinski definition) is 2. The number of carbonyl (C=O) groups is 1. The number of amides is 1. The molecular formula is C13H18ClFN2O. The molecule has 0 fully saturated rings. The predicted molar refractivity (Wildman–Crippen MR) is 72.4 cm³/mol. The SMILES string of the molecule is CCCCN(C)C(=O)CNc1ccc(F)c(Cl)c1. The van der Waals surface area contributed by atoms with Crippen LogP contribution in [0.15, 0.2) is 18.2 Å².